The Kier molecular flexibility index (Phi) is 4.34. The Balaban J connectivity index is 1.81. The van der Waals surface area contributed by atoms with Crippen molar-refractivity contribution >= 4 is 15.9 Å². The van der Waals surface area contributed by atoms with E-state index in [1.54, 1.807) is 0 Å². The van der Waals surface area contributed by atoms with Crippen LogP contribution >= 0.6 is 15.9 Å². The van der Waals surface area contributed by atoms with Crippen molar-refractivity contribution in [2.24, 2.45) is 0 Å². The van der Waals surface area contributed by atoms with Crippen molar-refractivity contribution in [3.63, 3.8) is 0 Å². The summed E-state index contributed by atoms with van der Waals surface area (Å²) >= 11 is 3.43. The summed E-state index contributed by atoms with van der Waals surface area (Å²) in [5.41, 5.74) is 2.51. The van der Waals surface area contributed by atoms with Gasteiger partial charge in [0, 0.05) is 35.9 Å². The molecule has 0 radical (unpaired) electrons. The van der Waals surface area contributed by atoms with E-state index in [9.17, 15) is 0 Å². The lowest BCUT2D eigenvalue weighted by molar-refractivity contribution is 0.655. The minimum atomic E-state index is 0.857. The highest BCUT2D eigenvalue weighted by Gasteiger charge is 1.97. The van der Waals surface area contributed by atoms with Crippen LogP contribution in [-0.2, 0) is 19.6 Å². The summed E-state index contributed by atoms with van der Waals surface area (Å²) in [6.45, 7) is 4.75. The molecule has 3 nitrogen and oxygen atoms in total. The fourth-order valence-electron chi connectivity index (χ4n) is 1.62. The summed E-state index contributed by atoms with van der Waals surface area (Å²) in [5.74, 6) is 0. The molecule has 2 aromatic rings. The van der Waals surface area contributed by atoms with E-state index < -0.39 is 0 Å². The Labute approximate surface area is 110 Å². The average Bonchev–Trinajstić information content (AvgIpc) is 2.80. The maximum atomic E-state index is 4.24. The van der Waals surface area contributed by atoms with Crippen LogP contribution < -0.4 is 5.32 Å². The van der Waals surface area contributed by atoms with E-state index in [1.165, 1.54) is 11.1 Å². The van der Waals surface area contributed by atoms with Crippen molar-refractivity contribution in [2.75, 3.05) is 0 Å². The lowest BCUT2D eigenvalue weighted by atomic mass is 10.2. The molecule has 1 N–H and O–H groups in total. The largest absolute Gasteiger partial charge is 0.309 e. The van der Waals surface area contributed by atoms with Crippen LogP contribution in [0.15, 0.2) is 41.1 Å². The van der Waals surface area contributed by atoms with Gasteiger partial charge in [-0.3, -0.25) is 4.68 Å². The molecule has 0 unspecified atom stereocenters. The third-order valence-electron chi connectivity index (χ3n) is 2.58. The van der Waals surface area contributed by atoms with Crippen LogP contribution in [-0.4, -0.2) is 9.78 Å². The molecule has 0 amide bonds. The summed E-state index contributed by atoms with van der Waals surface area (Å²) in [7, 11) is 0. The van der Waals surface area contributed by atoms with Gasteiger partial charge >= 0.3 is 0 Å². The number of aryl methyl sites for hydroxylation is 1. The molecule has 0 saturated heterocycles. The summed E-state index contributed by atoms with van der Waals surface area (Å²) < 4.78 is 3.06. The van der Waals surface area contributed by atoms with E-state index in [0.29, 0.717) is 0 Å². The molecule has 0 fully saturated rings. The first-order chi connectivity index (χ1) is 8.28. The Hall–Kier alpha value is -1.13. The molecule has 0 bridgehead atoms. The lowest BCUT2D eigenvalue weighted by Gasteiger charge is -2.03. The normalized spacial score (nSPS) is 10.7. The summed E-state index contributed by atoms with van der Waals surface area (Å²) in [6.07, 6.45) is 3.99. The first-order valence-corrected chi connectivity index (χ1v) is 6.53. The van der Waals surface area contributed by atoms with Crippen LogP contribution in [0.3, 0.4) is 0 Å². The second-order valence-electron chi connectivity index (χ2n) is 3.93. The standard InChI is InChI=1S/C13H16BrN3/c1-2-17-10-12(9-16-17)8-15-7-11-3-5-13(14)6-4-11/h3-6,9-10,15H,2,7-8H2,1H3. The Morgan fingerprint density at radius 3 is 2.53 bits per heavy atom. The number of hydrogen-bond acceptors (Lipinski definition) is 2. The van der Waals surface area contributed by atoms with Gasteiger partial charge in [0.25, 0.3) is 0 Å². The molecule has 17 heavy (non-hydrogen) atoms. The van der Waals surface area contributed by atoms with E-state index in [1.807, 2.05) is 10.9 Å². The first-order valence-electron chi connectivity index (χ1n) is 5.74. The number of benzene rings is 1. The van der Waals surface area contributed by atoms with Crippen LogP contribution in [0.1, 0.15) is 18.1 Å². The zero-order chi connectivity index (χ0) is 12.1. The molecule has 0 aliphatic heterocycles. The van der Waals surface area contributed by atoms with Gasteiger partial charge in [0.15, 0.2) is 0 Å². The number of hydrogen-bond donors (Lipinski definition) is 1. The van der Waals surface area contributed by atoms with Crippen molar-refractivity contribution in [1.82, 2.24) is 15.1 Å². The summed E-state index contributed by atoms with van der Waals surface area (Å²) in [4.78, 5) is 0. The first kappa shape index (κ1) is 12.3. The molecular formula is C13H16BrN3. The van der Waals surface area contributed by atoms with Gasteiger partial charge in [-0.25, -0.2) is 0 Å². The molecular weight excluding hydrogens is 278 g/mol. The monoisotopic (exact) mass is 293 g/mol. The van der Waals surface area contributed by atoms with Crippen LogP contribution in [0.25, 0.3) is 0 Å². The zero-order valence-corrected chi connectivity index (χ0v) is 11.4. The molecule has 1 aromatic carbocycles. The van der Waals surface area contributed by atoms with Gasteiger partial charge in [-0.2, -0.15) is 5.10 Å². The van der Waals surface area contributed by atoms with Crippen molar-refractivity contribution in [1.29, 1.82) is 0 Å². The third kappa shape index (κ3) is 3.68. The molecule has 1 heterocycles. The Morgan fingerprint density at radius 2 is 1.88 bits per heavy atom. The maximum Gasteiger partial charge on any atom is 0.0534 e. The minimum Gasteiger partial charge on any atom is -0.309 e. The fraction of sp³-hybridized carbons (Fsp3) is 0.308. The molecule has 90 valence electrons. The number of aromatic nitrogens is 2. The van der Waals surface area contributed by atoms with Gasteiger partial charge in [-0.15, -0.1) is 0 Å². The van der Waals surface area contributed by atoms with E-state index in [2.05, 4.69) is 63.7 Å². The molecule has 0 aliphatic rings. The van der Waals surface area contributed by atoms with Gasteiger partial charge in [-0.1, -0.05) is 28.1 Å². The highest BCUT2D eigenvalue weighted by Crippen LogP contribution is 2.10. The SMILES string of the molecule is CCn1cc(CNCc2ccc(Br)cc2)cn1. The van der Waals surface area contributed by atoms with Crippen LogP contribution in [0.2, 0.25) is 0 Å². The number of nitrogens with zero attached hydrogens (tertiary/aromatic N) is 2. The second kappa shape index (κ2) is 5.98. The topological polar surface area (TPSA) is 29.9 Å². The number of nitrogens with one attached hydrogen (secondary N) is 1. The van der Waals surface area contributed by atoms with E-state index in [4.69, 9.17) is 0 Å². The third-order valence-corrected chi connectivity index (χ3v) is 3.11. The Bertz CT molecular complexity index is 462. The van der Waals surface area contributed by atoms with Gasteiger partial charge in [0.05, 0.1) is 6.20 Å². The quantitative estimate of drug-likeness (QED) is 0.919. The maximum absolute atomic E-state index is 4.24. The van der Waals surface area contributed by atoms with Crippen LogP contribution in [0, 0.1) is 0 Å². The van der Waals surface area contributed by atoms with Crippen molar-refractivity contribution in [2.45, 2.75) is 26.6 Å². The van der Waals surface area contributed by atoms with E-state index in [-0.39, 0.29) is 0 Å². The van der Waals surface area contributed by atoms with Crippen molar-refractivity contribution < 1.29 is 0 Å². The zero-order valence-electron chi connectivity index (χ0n) is 9.86. The highest BCUT2D eigenvalue weighted by atomic mass is 79.9. The van der Waals surface area contributed by atoms with Gasteiger partial charge < -0.3 is 5.32 Å². The van der Waals surface area contributed by atoms with Crippen molar-refractivity contribution in [3.8, 4) is 0 Å². The molecule has 0 spiro atoms. The van der Waals surface area contributed by atoms with Gasteiger partial charge in [-0.05, 0) is 24.6 Å². The smallest absolute Gasteiger partial charge is 0.0534 e. The average molecular weight is 294 g/mol. The highest BCUT2D eigenvalue weighted by molar-refractivity contribution is 9.10. The lowest BCUT2D eigenvalue weighted by Crippen LogP contribution is -2.12. The molecule has 1 aromatic heterocycles. The predicted molar refractivity (Wildman–Crippen MR) is 72.6 cm³/mol. The van der Waals surface area contributed by atoms with Gasteiger partial charge in [0.1, 0.15) is 0 Å². The van der Waals surface area contributed by atoms with Crippen LogP contribution in [0.5, 0.6) is 0 Å². The molecule has 0 saturated carbocycles. The van der Waals surface area contributed by atoms with Crippen LogP contribution in [0.4, 0.5) is 0 Å². The van der Waals surface area contributed by atoms with E-state index >= 15 is 0 Å². The molecule has 0 atom stereocenters. The minimum absolute atomic E-state index is 0.857. The second-order valence-corrected chi connectivity index (χ2v) is 4.85. The molecule has 4 heteroatoms. The molecule has 0 aliphatic carbocycles. The Morgan fingerprint density at radius 1 is 1.18 bits per heavy atom. The molecule has 2 rings (SSSR count). The predicted octanol–water partition coefficient (Wildman–Crippen LogP) is 2.96. The van der Waals surface area contributed by atoms with E-state index in [0.717, 1.165) is 24.1 Å². The summed E-state index contributed by atoms with van der Waals surface area (Å²) in [6, 6.07) is 8.36. The number of rotatable bonds is 5. The van der Waals surface area contributed by atoms with Gasteiger partial charge in [0.2, 0.25) is 0 Å². The van der Waals surface area contributed by atoms with Crippen molar-refractivity contribution in [3.05, 3.63) is 52.3 Å². The summed E-state index contributed by atoms with van der Waals surface area (Å²) in [5, 5.41) is 7.65. The number of halogens is 1. The fourth-order valence-corrected chi connectivity index (χ4v) is 1.89.